The predicted molar refractivity (Wildman–Crippen MR) is 58.3 cm³/mol. The Morgan fingerprint density at radius 3 is 2.75 bits per heavy atom. The molecule has 0 atom stereocenters. The average Bonchev–Trinajstić information content (AvgIpc) is 2.27. The van der Waals surface area contributed by atoms with E-state index in [4.69, 9.17) is 15.6 Å². The minimum atomic E-state index is -0.648. The van der Waals surface area contributed by atoms with Gasteiger partial charge in [0.1, 0.15) is 17.1 Å². The summed E-state index contributed by atoms with van der Waals surface area (Å²) in [5.74, 6) is -0.946. The number of carbonyl (C=O) groups excluding carboxylic acids is 1. The van der Waals surface area contributed by atoms with Gasteiger partial charge in [0.25, 0.3) is 0 Å². The molecule has 0 bridgehead atoms. The van der Waals surface area contributed by atoms with E-state index in [-0.39, 0.29) is 23.7 Å². The molecule has 1 aromatic carbocycles. The Hall–Kier alpha value is -1.75. The first-order valence-corrected chi connectivity index (χ1v) is 5.04. The fourth-order valence-electron chi connectivity index (χ4n) is 1.18. The summed E-state index contributed by atoms with van der Waals surface area (Å²) in [6.07, 6.45) is 1.46. The topological polar surface area (TPSA) is 92.8 Å². The van der Waals surface area contributed by atoms with Crippen LogP contribution in [0.25, 0.3) is 0 Å². The van der Waals surface area contributed by atoms with Crippen LogP contribution in [0.5, 0.6) is 11.5 Å². The maximum Gasteiger partial charge on any atom is 0.342 e. The van der Waals surface area contributed by atoms with Gasteiger partial charge in [0, 0.05) is 0 Å². The SMILES string of the molecule is NCCCCOC(=O)c1cc(O)ccc1O. The summed E-state index contributed by atoms with van der Waals surface area (Å²) < 4.78 is 4.90. The van der Waals surface area contributed by atoms with Crippen LogP contribution in [-0.2, 0) is 4.74 Å². The summed E-state index contributed by atoms with van der Waals surface area (Å²) in [6.45, 7) is 0.806. The molecular weight excluding hydrogens is 210 g/mol. The molecule has 0 radical (unpaired) electrons. The third kappa shape index (κ3) is 3.43. The van der Waals surface area contributed by atoms with E-state index in [2.05, 4.69) is 0 Å². The largest absolute Gasteiger partial charge is 0.508 e. The molecule has 4 N–H and O–H groups in total. The number of aromatic hydroxyl groups is 2. The second-order valence-electron chi connectivity index (χ2n) is 3.33. The lowest BCUT2D eigenvalue weighted by atomic mass is 10.2. The van der Waals surface area contributed by atoms with Gasteiger partial charge in [-0.25, -0.2) is 4.79 Å². The molecule has 0 aromatic heterocycles. The predicted octanol–water partition coefficient (Wildman–Crippen LogP) is 0.994. The number of phenols is 2. The fourth-order valence-corrected chi connectivity index (χ4v) is 1.18. The van der Waals surface area contributed by atoms with Crippen molar-refractivity contribution in [3.63, 3.8) is 0 Å². The van der Waals surface area contributed by atoms with Gasteiger partial charge in [-0.15, -0.1) is 0 Å². The molecule has 5 heteroatoms. The van der Waals surface area contributed by atoms with E-state index in [9.17, 15) is 9.90 Å². The zero-order chi connectivity index (χ0) is 12.0. The molecule has 0 saturated carbocycles. The van der Waals surface area contributed by atoms with Crippen molar-refractivity contribution in [2.75, 3.05) is 13.2 Å². The molecule has 16 heavy (non-hydrogen) atoms. The van der Waals surface area contributed by atoms with E-state index in [0.29, 0.717) is 13.0 Å². The molecule has 88 valence electrons. The Morgan fingerprint density at radius 1 is 1.31 bits per heavy atom. The van der Waals surface area contributed by atoms with Crippen LogP contribution in [0.15, 0.2) is 18.2 Å². The lowest BCUT2D eigenvalue weighted by Crippen LogP contribution is -2.08. The summed E-state index contributed by atoms with van der Waals surface area (Å²) in [6, 6.07) is 3.70. The second kappa shape index (κ2) is 5.97. The average molecular weight is 225 g/mol. The normalized spacial score (nSPS) is 10.1. The third-order valence-electron chi connectivity index (χ3n) is 2.03. The zero-order valence-electron chi connectivity index (χ0n) is 8.85. The maximum atomic E-state index is 11.5. The first kappa shape index (κ1) is 12.3. The van der Waals surface area contributed by atoms with Crippen molar-refractivity contribution in [3.05, 3.63) is 23.8 Å². The van der Waals surface area contributed by atoms with Crippen LogP contribution in [0.2, 0.25) is 0 Å². The van der Waals surface area contributed by atoms with Crippen LogP contribution in [0.1, 0.15) is 23.2 Å². The molecule has 5 nitrogen and oxygen atoms in total. The summed E-state index contributed by atoms with van der Waals surface area (Å²) in [7, 11) is 0. The van der Waals surface area contributed by atoms with Gasteiger partial charge < -0.3 is 20.7 Å². The monoisotopic (exact) mass is 225 g/mol. The van der Waals surface area contributed by atoms with Crippen molar-refractivity contribution in [2.24, 2.45) is 5.73 Å². The molecule has 0 aliphatic carbocycles. The number of ether oxygens (including phenoxy) is 1. The van der Waals surface area contributed by atoms with Crippen molar-refractivity contribution in [3.8, 4) is 11.5 Å². The molecule has 1 rings (SSSR count). The molecule has 0 spiro atoms. The smallest absolute Gasteiger partial charge is 0.342 e. The van der Waals surface area contributed by atoms with Crippen molar-refractivity contribution in [2.45, 2.75) is 12.8 Å². The number of rotatable bonds is 5. The molecule has 0 fully saturated rings. The molecule has 0 aliphatic rings. The minimum absolute atomic E-state index is 0.0345. The molecule has 0 heterocycles. The van der Waals surface area contributed by atoms with Crippen LogP contribution in [-0.4, -0.2) is 29.3 Å². The van der Waals surface area contributed by atoms with Crippen molar-refractivity contribution in [1.82, 2.24) is 0 Å². The number of phenolic OH excluding ortho intramolecular Hbond substituents is 2. The third-order valence-corrected chi connectivity index (χ3v) is 2.03. The van der Waals surface area contributed by atoms with Gasteiger partial charge in [-0.2, -0.15) is 0 Å². The fraction of sp³-hybridized carbons (Fsp3) is 0.364. The van der Waals surface area contributed by atoms with Gasteiger partial charge in [-0.3, -0.25) is 0 Å². The lowest BCUT2D eigenvalue weighted by molar-refractivity contribution is 0.0495. The Balaban J connectivity index is 2.55. The number of carbonyl (C=O) groups is 1. The highest BCUT2D eigenvalue weighted by molar-refractivity contribution is 5.92. The van der Waals surface area contributed by atoms with Gasteiger partial charge in [0.05, 0.1) is 6.61 Å². The van der Waals surface area contributed by atoms with Gasteiger partial charge in [0.15, 0.2) is 0 Å². The van der Waals surface area contributed by atoms with Crippen LogP contribution >= 0.6 is 0 Å². The van der Waals surface area contributed by atoms with E-state index in [1.54, 1.807) is 0 Å². The lowest BCUT2D eigenvalue weighted by Gasteiger charge is -2.06. The summed E-state index contributed by atoms with van der Waals surface area (Å²) in [4.78, 5) is 11.5. The van der Waals surface area contributed by atoms with Crippen molar-refractivity contribution >= 4 is 5.97 Å². The van der Waals surface area contributed by atoms with E-state index in [1.165, 1.54) is 18.2 Å². The first-order chi connectivity index (χ1) is 7.65. The first-order valence-electron chi connectivity index (χ1n) is 5.04. The van der Waals surface area contributed by atoms with Gasteiger partial charge >= 0.3 is 5.97 Å². The van der Waals surface area contributed by atoms with Gasteiger partial charge in [-0.05, 0) is 37.6 Å². The van der Waals surface area contributed by atoms with Crippen LogP contribution < -0.4 is 5.73 Å². The standard InChI is InChI=1S/C11H15NO4/c12-5-1-2-6-16-11(15)9-7-8(13)3-4-10(9)14/h3-4,7,13-14H,1-2,5-6,12H2. The van der Waals surface area contributed by atoms with Crippen molar-refractivity contribution in [1.29, 1.82) is 0 Å². The molecular formula is C11H15NO4. The quantitative estimate of drug-likeness (QED) is 0.395. The second-order valence-corrected chi connectivity index (χ2v) is 3.33. The number of hydrogen-bond donors (Lipinski definition) is 3. The Labute approximate surface area is 93.5 Å². The molecule has 0 saturated heterocycles. The number of hydrogen-bond acceptors (Lipinski definition) is 5. The molecule has 0 amide bonds. The van der Waals surface area contributed by atoms with E-state index >= 15 is 0 Å². The van der Waals surface area contributed by atoms with Crippen LogP contribution in [0.3, 0.4) is 0 Å². The molecule has 1 aromatic rings. The number of benzene rings is 1. The number of unbranched alkanes of at least 4 members (excludes halogenated alkanes) is 1. The Morgan fingerprint density at radius 2 is 2.06 bits per heavy atom. The highest BCUT2D eigenvalue weighted by atomic mass is 16.5. The number of nitrogens with two attached hydrogens (primary N) is 1. The van der Waals surface area contributed by atoms with E-state index < -0.39 is 5.97 Å². The van der Waals surface area contributed by atoms with E-state index in [0.717, 1.165) is 6.42 Å². The number of esters is 1. The molecule has 0 aliphatic heterocycles. The van der Waals surface area contributed by atoms with Crippen LogP contribution in [0, 0.1) is 0 Å². The highest BCUT2D eigenvalue weighted by Crippen LogP contribution is 2.22. The Bertz CT molecular complexity index is 365. The summed E-state index contributed by atoms with van der Waals surface area (Å²) in [5.41, 5.74) is 5.25. The summed E-state index contributed by atoms with van der Waals surface area (Å²) >= 11 is 0. The highest BCUT2D eigenvalue weighted by Gasteiger charge is 2.12. The van der Waals surface area contributed by atoms with Crippen LogP contribution in [0.4, 0.5) is 0 Å². The zero-order valence-corrected chi connectivity index (χ0v) is 8.85. The van der Waals surface area contributed by atoms with Gasteiger partial charge in [-0.1, -0.05) is 0 Å². The van der Waals surface area contributed by atoms with Crippen molar-refractivity contribution < 1.29 is 19.7 Å². The Kier molecular flexibility index (Phi) is 4.60. The molecule has 0 unspecified atom stereocenters. The van der Waals surface area contributed by atoms with E-state index in [1.807, 2.05) is 0 Å². The maximum absolute atomic E-state index is 11.5. The summed E-state index contributed by atoms with van der Waals surface area (Å²) in [5, 5.41) is 18.5. The minimum Gasteiger partial charge on any atom is -0.508 e. The van der Waals surface area contributed by atoms with Gasteiger partial charge in [0.2, 0.25) is 0 Å².